The third-order valence-corrected chi connectivity index (χ3v) is 3.16. The van der Waals surface area contributed by atoms with Crippen LogP contribution in [0.1, 0.15) is 23.2 Å². The lowest BCUT2D eigenvalue weighted by molar-refractivity contribution is 0.0751. The number of halogens is 1. The lowest BCUT2D eigenvalue weighted by atomic mass is 10.2. The molecule has 0 aliphatic heterocycles. The van der Waals surface area contributed by atoms with E-state index >= 15 is 0 Å². The summed E-state index contributed by atoms with van der Waals surface area (Å²) in [6.07, 6.45) is 5.40. The van der Waals surface area contributed by atoms with E-state index in [1.165, 1.54) is 0 Å². The fraction of sp³-hybridized carbons (Fsp3) is 0.500. The number of aromatic nitrogens is 1. The van der Waals surface area contributed by atoms with Crippen LogP contribution >= 0.6 is 15.9 Å². The molecule has 0 N–H and O–H groups in total. The van der Waals surface area contributed by atoms with E-state index in [9.17, 15) is 4.79 Å². The standard InChI is InChI=1S/C12H15BrN2O2/c1-17-11-8-14-6-4-10(11)12(16)15(7-5-13)9-2-3-9/h4,6,8-9H,2-3,5,7H2,1H3. The molecular weight excluding hydrogens is 284 g/mol. The molecule has 0 radical (unpaired) electrons. The number of hydrogen-bond acceptors (Lipinski definition) is 3. The number of pyridine rings is 1. The van der Waals surface area contributed by atoms with E-state index in [-0.39, 0.29) is 5.91 Å². The molecule has 2 rings (SSSR count). The molecule has 1 amide bonds. The highest BCUT2D eigenvalue weighted by Crippen LogP contribution is 2.29. The number of carbonyl (C=O) groups is 1. The van der Waals surface area contributed by atoms with Gasteiger partial charge in [0.15, 0.2) is 0 Å². The predicted molar refractivity (Wildman–Crippen MR) is 68.6 cm³/mol. The van der Waals surface area contributed by atoms with Gasteiger partial charge in [0.1, 0.15) is 5.75 Å². The van der Waals surface area contributed by atoms with Crippen molar-refractivity contribution in [2.45, 2.75) is 18.9 Å². The van der Waals surface area contributed by atoms with Crippen LogP contribution in [0.2, 0.25) is 0 Å². The number of methoxy groups -OCH3 is 1. The van der Waals surface area contributed by atoms with Gasteiger partial charge in [-0.25, -0.2) is 0 Å². The van der Waals surface area contributed by atoms with Crippen molar-refractivity contribution in [2.75, 3.05) is 19.0 Å². The monoisotopic (exact) mass is 298 g/mol. The fourth-order valence-electron chi connectivity index (χ4n) is 1.80. The molecule has 5 heteroatoms. The molecule has 0 atom stereocenters. The van der Waals surface area contributed by atoms with E-state index in [1.54, 1.807) is 25.6 Å². The van der Waals surface area contributed by atoms with Crippen molar-refractivity contribution in [3.8, 4) is 5.75 Å². The van der Waals surface area contributed by atoms with Crippen molar-refractivity contribution in [2.24, 2.45) is 0 Å². The summed E-state index contributed by atoms with van der Waals surface area (Å²) in [6, 6.07) is 2.11. The molecule has 0 spiro atoms. The van der Waals surface area contributed by atoms with Crippen LogP contribution in [0.15, 0.2) is 18.5 Å². The van der Waals surface area contributed by atoms with Crippen LogP contribution in [-0.4, -0.2) is 40.8 Å². The number of nitrogens with zero attached hydrogens (tertiary/aromatic N) is 2. The second-order valence-corrected chi connectivity index (χ2v) is 4.79. The number of ether oxygens (including phenoxy) is 1. The summed E-state index contributed by atoms with van der Waals surface area (Å²) >= 11 is 3.39. The summed E-state index contributed by atoms with van der Waals surface area (Å²) in [7, 11) is 1.56. The Morgan fingerprint density at radius 3 is 3.00 bits per heavy atom. The number of alkyl halides is 1. The summed E-state index contributed by atoms with van der Waals surface area (Å²) in [4.78, 5) is 18.3. The molecular formula is C12H15BrN2O2. The van der Waals surface area contributed by atoms with Crippen molar-refractivity contribution < 1.29 is 9.53 Å². The quantitative estimate of drug-likeness (QED) is 0.782. The number of carbonyl (C=O) groups excluding carboxylic acids is 1. The van der Waals surface area contributed by atoms with E-state index in [0.717, 1.165) is 24.7 Å². The highest BCUT2D eigenvalue weighted by Gasteiger charge is 2.33. The fourth-order valence-corrected chi connectivity index (χ4v) is 2.18. The average Bonchev–Trinajstić information content (AvgIpc) is 3.19. The SMILES string of the molecule is COc1cnccc1C(=O)N(CCBr)C1CC1. The van der Waals surface area contributed by atoms with Gasteiger partial charge in [-0.15, -0.1) is 0 Å². The van der Waals surface area contributed by atoms with Gasteiger partial charge < -0.3 is 9.64 Å². The van der Waals surface area contributed by atoms with Gasteiger partial charge in [-0.05, 0) is 18.9 Å². The summed E-state index contributed by atoms with van der Waals surface area (Å²) in [5, 5.41) is 0.794. The number of hydrogen-bond donors (Lipinski definition) is 0. The zero-order chi connectivity index (χ0) is 12.3. The summed E-state index contributed by atoms with van der Waals surface area (Å²) in [5.74, 6) is 0.573. The molecule has 1 aromatic heterocycles. The predicted octanol–water partition coefficient (Wildman–Crippen LogP) is 2.09. The third-order valence-electron chi connectivity index (χ3n) is 2.81. The molecule has 1 aliphatic carbocycles. The van der Waals surface area contributed by atoms with Crippen LogP contribution in [0.5, 0.6) is 5.75 Å². The van der Waals surface area contributed by atoms with E-state index < -0.39 is 0 Å². The zero-order valence-corrected chi connectivity index (χ0v) is 11.3. The Bertz CT molecular complexity index is 407. The van der Waals surface area contributed by atoms with Crippen molar-refractivity contribution in [3.05, 3.63) is 24.0 Å². The minimum Gasteiger partial charge on any atom is -0.494 e. The van der Waals surface area contributed by atoms with Crippen LogP contribution in [0, 0.1) is 0 Å². The van der Waals surface area contributed by atoms with Gasteiger partial charge in [-0.2, -0.15) is 0 Å². The average molecular weight is 299 g/mol. The molecule has 92 valence electrons. The van der Waals surface area contributed by atoms with E-state index in [4.69, 9.17) is 4.74 Å². The molecule has 1 fully saturated rings. The van der Waals surface area contributed by atoms with Crippen molar-refractivity contribution >= 4 is 21.8 Å². The lowest BCUT2D eigenvalue weighted by Gasteiger charge is -2.22. The first-order chi connectivity index (χ1) is 8.27. The Kier molecular flexibility index (Phi) is 3.99. The van der Waals surface area contributed by atoms with Gasteiger partial charge in [0.05, 0.1) is 18.9 Å². The lowest BCUT2D eigenvalue weighted by Crippen LogP contribution is -2.34. The Labute approximate surface area is 109 Å². The Balaban J connectivity index is 2.21. The van der Waals surface area contributed by atoms with E-state index in [2.05, 4.69) is 20.9 Å². The van der Waals surface area contributed by atoms with Crippen LogP contribution in [0.25, 0.3) is 0 Å². The van der Waals surface area contributed by atoms with Crippen LogP contribution in [0.3, 0.4) is 0 Å². The normalized spacial score (nSPS) is 14.5. The molecule has 0 unspecified atom stereocenters. The Morgan fingerprint density at radius 2 is 2.41 bits per heavy atom. The third kappa shape index (κ3) is 2.77. The highest BCUT2D eigenvalue weighted by atomic mass is 79.9. The van der Waals surface area contributed by atoms with E-state index in [1.807, 2.05) is 4.90 Å². The smallest absolute Gasteiger partial charge is 0.258 e. The molecule has 1 heterocycles. The zero-order valence-electron chi connectivity index (χ0n) is 9.73. The van der Waals surface area contributed by atoms with Gasteiger partial charge in [-0.1, -0.05) is 15.9 Å². The van der Waals surface area contributed by atoms with Gasteiger partial charge in [0, 0.05) is 24.1 Å². The maximum absolute atomic E-state index is 12.4. The van der Waals surface area contributed by atoms with Gasteiger partial charge >= 0.3 is 0 Å². The van der Waals surface area contributed by atoms with Crippen molar-refractivity contribution in [1.82, 2.24) is 9.88 Å². The topological polar surface area (TPSA) is 42.4 Å². The van der Waals surface area contributed by atoms with Gasteiger partial charge in [0.25, 0.3) is 5.91 Å². The first-order valence-corrected chi connectivity index (χ1v) is 6.75. The maximum Gasteiger partial charge on any atom is 0.258 e. The minimum atomic E-state index is 0.0335. The summed E-state index contributed by atoms with van der Waals surface area (Å²) in [5.41, 5.74) is 0.593. The summed E-state index contributed by atoms with van der Waals surface area (Å²) in [6.45, 7) is 0.731. The first kappa shape index (κ1) is 12.4. The largest absolute Gasteiger partial charge is 0.494 e. The Morgan fingerprint density at radius 1 is 1.65 bits per heavy atom. The molecule has 0 bridgehead atoms. The minimum absolute atomic E-state index is 0.0335. The molecule has 1 aliphatic rings. The second kappa shape index (κ2) is 5.49. The second-order valence-electron chi connectivity index (χ2n) is 3.99. The maximum atomic E-state index is 12.4. The first-order valence-electron chi connectivity index (χ1n) is 5.63. The van der Waals surface area contributed by atoms with Crippen molar-refractivity contribution in [1.29, 1.82) is 0 Å². The Hall–Kier alpha value is -1.10. The van der Waals surface area contributed by atoms with Gasteiger partial charge in [0.2, 0.25) is 0 Å². The van der Waals surface area contributed by atoms with Crippen LogP contribution in [0.4, 0.5) is 0 Å². The van der Waals surface area contributed by atoms with Crippen LogP contribution < -0.4 is 4.74 Å². The van der Waals surface area contributed by atoms with Crippen LogP contribution in [-0.2, 0) is 0 Å². The molecule has 17 heavy (non-hydrogen) atoms. The van der Waals surface area contributed by atoms with Crippen molar-refractivity contribution in [3.63, 3.8) is 0 Å². The van der Waals surface area contributed by atoms with E-state index in [0.29, 0.717) is 17.4 Å². The highest BCUT2D eigenvalue weighted by molar-refractivity contribution is 9.09. The number of rotatable bonds is 5. The molecule has 1 aromatic rings. The summed E-state index contributed by atoms with van der Waals surface area (Å²) < 4.78 is 5.17. The molecule has 4 nitrogen and oxygen atoms in total. The van der Waals surface area contributed by atoms with Gasteiger partial charge in [-0.3, -0.25) is 9.78 Å². The molecule has 1 saturated carbocycles. The number of amides is 1. The molecule has 0 saturated heterocycles. The molecule has 0 aromatic carbocycles.